The van der Waals surface area contributed by atoms with Crippen LogP contribution in [0.1, 0.15) is 13.8 Å². The van der Waals surface area contributed by atoms with Crippen LogP contribution in [-0.2, 0) is 0 Å². The summed E-state index contributed by atoms with van der Waals surface area (Å²) in [4.78, 5) is 20.3. The minimum absolute atomic E-state index is 0. The third-order valence-corrected chi connectivity index (χ3v) is 4.14. The maximum atomic E-state index is 10.7. The molecule has 1 heterocycles. The Balaban J connectivity index is 0.00000320. The van der Waals surface area contributed by atoms with Crippen molar-refractivity contribution in [1.82, 2.24) is 0 Å². The second kappa shape index (κ2) is 9.31. The predicted molar refractivity (Wildman–Crippen MR) is 110 cm³/mol. The molecular formula is C19H22ClN6O4-. The van der Waals surface area contributed by atoms with Gasteiger partial charge in [-0.3, -0.25) is 15.0 Å². The smallest absolute Gasteiger partial charge is 0.269 e. The Labute approximate surface area is 179 Å². The van der Waals surface area contributed by atoms with Crippen molar-refractivity contribution in [2.45, 2.75) is 19.5 Å². The summed E-state index contributed by atoms with van der Waals surface area (Å²) in [7, 11) is 0. The van der Waals surface area contributed by atoms with Crippen molar-refractivity contribution in [2.24, 2.45) is 21.5 Å². The molecule has 30 heavy (non-hydrogen) atoms. The molecular weight excluding hydrogens is 412 g/mol. The van der Waals surface area contributed by atoms with Crippen molar-refractivity contribution in [2.75, 3.05) is 18.1 Å². The number of hydrogen-bond acceptors (Lipinski definition) is 9. The van der Waals surface area contributed by atoms with Gasteiger partial charge in [-0.2, -0.15) is 4.99 Å². The Bertz CT molecular complexity index is 962. The molecule has 0 unspecified atom stereocenters. The standard InChI is InChI=1S/C19H22N6O4.ClH/c1-19(2)23-17(20)22-18(21)24(19)14-4-3-5-16(12-14)29-11-10-28-15-8-6-13(7-9-15)25(26)27;/h3-9,12H,10-11H2,1-2H3,(H4,20,21,22,23);1H/p-1. The molecule has 0 amide bonds. The fraction of sp³-hybridized carbons (Fsp3) is 0.263. The lowest BCUT2D eigenvalue weighted by atomic mass is 10.1. The number of ether oxygens (including phenoxy) is 2. The number of nitrogens with zero attached hydrogens (tertiary/aromatic N) is 4. The highest BCUT2D eigenvalue weighted by atomic mass is 35.5. The molecule has 3 rings (SSSR count). The first-order chi connectivity index (χ1) is 13.8. The number of nitro groups is 1. The number of nitrogens with two attached hydrogens (primary N) is 2. The van der Waals surface area contributed by atoms with E-state index < -0.39 is 10.6 Å². The van der Waals surface area contributed by atoms with Gasteiger partial charge in [-0.05, 0) is 38.1 Å². The number of non-ortho nitro benzene ring substituents is 1. The maximum absolute atomic E-state index is 10.7. The molecule has 160 valence electrons. The lowest BCUT2D eigenvalue weighted by Gasteiger charge is -2.38. The van der Waals surface area contributed by atoms with E-state index in [4.69, 9.17) is 20.9 Å². The molecule has 0 radical (unpaired) electrons. The van der Waals surface area contributed by atoms with Gasteiger partial charge in [0.25, 0.3) is 5.69 Å². The summed E-state index contributed by atoms with van der Waals surface area (Å²) in [6.45, 7) is 4.33. The lowest BCUT2D eigenvalue weighted by Crippen LogP contribution is -3.00. The van der Waals surface area contributed by atoms with E-state index >= 15 is 0 Å². The number of hydrogen-bond donors (Lipinski definition) is 2. The molecule has 0 atom stereocenters. The fourth-order valence-electron chi connectivity index (χ4n) is 2.95. The second-order valence-electron chi connectivity index (χ2n) is 6.72. The third-order valence-electron chi connectivity index (χ3n) is 4.14. The van der Waals surface area contributed by atoms with E-state index in [9.17, 15) is 10.1 Å². The molecule has 2 aromatic rings. The first kappa shape index (κ1) is 22.8. The van der Waals surface area contributed by atoms with Crippen molar-refractivity contribution < 1.29 is 26.8 Å². The zero-order valence-electron chi connectivity index (χ0n) is 16.5. The maximum Gasteiger partial charge on any atom is 0.269 e. The van der Waals surface area contributed by atoms with Gasteiger partial charge in [0.05, 0.1) is 4.92 Å². The number of nitro benzene ring substituents is 1. The minimum atomic E-state index is -0.687. The topological polar surface area (TPSA) is 142 Å². The Kier molecular flexibility index (Phi) is 7.06. The van der Waals surface area contributed by atoms with Gasteiger partial charge in [-0.15, -0.1) is 0 Å². The van der Waals surface area contributed by atoms with Crippen LogP contribution in [0.4, 0.5) is 11.4 Å². The molecule has 1 aliphatic rings. The minimum Gasteiger partial charge on any atom is -1.00 e. The summed E-state index contributed by atoms with van der Waals surface area (Å²) in [6, 6.07) is 13.2. The van der Waals surface area contributed by atoms with E-state index in [2.05, 4.69) is 9.98 Å². The van der Waals surface area contributed by atoms with Crippen LogP contribution in [-0.4, -0.2) is 35.7 Å². The monoisotopic (exact) mass is 433 g/mol. The van der Waals surface area contributed by atoms with Gasteiger partial charge in [-0.1, -0.05) is 6.07 Å². The number of anilines is 1. The highest BCUT2D eigenvalue weighted by molar-refractivity contribution is 6.05. The molecule has 0 aromatic heterocycles. The fourth-order valence-corrected chi connectivity index (χ4v) is 2.95. The third kappa shape index (κ3) is 5.29. The van der Waals surface area contributed by atoms with Gasteiger partial charge in [0.2, 0.25) is 11.9 Å². The first-order valence-electron chi connectivity index (χ1n) is 8.86. The van der Waals surface area contributed by atoms with E-state index in [0.717, 1.165) is 5.69 Å². The molecule has 10 nitrogen and oxygen atoms in total. The molecule has 4 N–H and O–H groups in total. The van der Waals surface area contributed by atoms with Gasteiger partial charge in [-0.25, -0.2) is 4.99 Å². The molecule has 1 aliphatic heterocycles. The van der Waals surface area contributed by atoms with E-state index in [0.29, 0.717) is 18.1 Å². The van der Waals surface area contributed by atoms with Crippen LogP contribution in [0, 0.1) is 10.1 Å². The molecule has 0 saturated heterocycles. The SMILES string of the molecule is CC1(C)N=C(N)N=C(N)N1c1cccc(OCCOc2ccc([N+](=O)[O-])cc2)c1.[Cl-]. The number of halogens is 1. The number of guanidine groups is 2. The zero-order valence-corrected chi connectivity index (χ0v) is 17.2. The van der Waals surface area contributed by atoms with Crippen LogP contribution >= 0.6 is 0 Å². The molecule has 0 spiro atoms. The highest BCUT2D eigenvalue weighted by Gasteiger charge is 2.33. The quantitative estimate of drug-likeness (QED) is 0.332. The van der Waals surface area contributed by atoms with Gasteiger partial charge >= 0.3 is 0 Å². The predicted octanol–water partition coefficient (Wildman–Crippen LogP) is -0.758. The average molecular weight is 434 g/mol. The molecule has 2 aromatic carbocycles. The summed E-state index contributed by atoms with van der Waals surface area (Å²) in [5.41, 5.74) is 11.9. The van der Waals surface area contributed by atoms with Gasteiger partial charge in [0, 0.05) is 23.9 Å². The summed E-state index contributed by atoms with van der Waals surface area (Å²) in [5, 5.41) is 10.7. The summed E-state index contributed by atoms with van der Waals surface area (Å²) < 4.78 is 11.3. The largest absolute Gasteiger partial charge is 1.00 e. The van der Waals surface area contributed by atoms with E-state index in [1.54, 1.807) is 17.0 Å². The number of rotatable bonds is 7. The van der Waals surface area contributed by atoms with Crippen molar-refractivity contribution in [3.05, 3.63) is 58.6 Å². The summed E-state index contributed by atoms with van der Waals surface area (Å²) in [5.74, 6) is 1.55. The van der Waals surface area contributed by atoms with E-state index in [1.807, 2.05) is 38.1 Å². The van der Waals surface area contributed by atoms with Crippen LogP contribution < -0.4 is 38.2 Å². The van der Waals surface area contributed by atoms with Crippen LogP contribution in [0.3, 0.4) is 0 Å². The Morgan fingerprint density at radius 3 is 2.30 bits per heavy atom. The normalized spacial score (nSPS) is 14.8. The van der Waals surface area contributed by atoms with Crippen LogP contribution in [0.25, 0.3) is 0 Å². The summed E-state index contributed by atoms with van der Waals surface area (Å²) in [6.07, 6.45) is 0. The van der Waals surface area contributed by atoms with Crippen molar-refractivity contribution in [1.29, 1.82) is 0 Å². The van der Waals surface area contributed by atoms with Crippen molar-refractivity contribution >= 4 is 23.3 Å². The van der Waals surface area contributed by atoms with Gasteiger partial charge in [0.1, 0.15) is 30.4 Å². The van der Waals surface area contributed by atoms with E-state index in [-0.39, 0.29) is 36.6 Å². The Morgan fingerprint density at radius 2 is 1.70 bits per heavy atom. The van der Waals surface area contributed by atoms with Crippen LogP contribution in [0.2, 0.25) is 0 Å². The Morgan fingerprint density at radius 1 is 1.07 bits per heavy atom. The van der Waals surface area contributed by atoms with Gasteiger partial charge < -0.3 is 33.3 Å². The van der Waals surface area contributed by atoms with E-state index in [1.165, 1.54) is 12.1 Å². The average Bonchev–Trinajstić information content (AvgIpc) is 2.64. The zero-order chi connectivity index (χ0) is 21.0. The lowest BCUT2D eigenvalue weighted by molar-refractivity contribution is -0.384. The highest BCUT2D eigenvalue weighted by Crippen LogP contribution is 2.29. The molecule has 0 fully saturated rings. The molecule has 11 heteroatoms. The van der Waals surface area contributed by atoms with Gasteiger partial charge in [0.15, 0.2) is 0 Å². The van der Waals surface area contributed by atoms with Crippen LogP contribution in [0.5, 0.6) is 11.5 Å². The molecule has 0 bridgehead atoms. The van der Waals surface area contributed by atoms with Crippen molar-refractivity contribution in [3.8, 4) is 11.5 Å². The van der Waals surface area contributed by atoms with Crippen molar-refractivity contribution in [3.63, 3.8) is 0 Å². The van der Waals surface area contributed by atoms with Crippen LogP contribution in [0.15, 0.2) is 58.5 Å². The number of aliphatic imine (C=N–C) groups is 2. The Hall–Kier alpha value is -3.53. The first-order valence-corrected chi connectivity index (χ1v) is 8.86. The summed E-state index contributed by atoms with van der Waals surface area (Å²) >= 11 is 0. The molecule has 0 aliphatic carbocycles. The number of benzene rings is 2. The second-order valence-corrected chi connectivity index (χ2v) is 6.72. The molecule has 0 saturated carbocycles.